The molecule has 0 fully saturated rings. The van der Waals surface area contributed by atoms with Gasteiger partial charge in [-0.05, 0) is 29.8 Å². The maximum Gasteiger partial charge on any atom is 0.264 e. The molecule has 3 rings (SSSR count). The van der Waals surface area contributed by atoms with Crippen LogP contribution in [0.3, 0.4) is 0 Å². The van der Waals surface area contributed by atoms with Crippen LogP contribution in [0.25, 0.3) is 5.57 Å². The molecule has 108 valence electrons. The van der Waals surface area contributed by atoms with Gasteiger partial charge in [0, 0.05) is 11.6 Å². The van der Waals surface area contributed by atoms with Crippen LogP contribution >= 0.6 is 0 Å². The Balaban J connectivity index is 2.13. The van der Waals surface area contributed by atoms with E-state index in [0.29, 0.717) is 11.4 Å². The normalized spacial score (nSPS) is 14.1. The van der Waals surface area contributed by atoms with Crippen LogP contribution in [0.5, 0.6) is 5.75 Å². The van der Waals surface area contributed by atoms with Crippen molar-refractivity contribution in [3.05, 3.63) is 60.7 Å². The van der Waals surface area contributed by atoms with Gasteiger partial charge in [0.1, 0.15) is 5.75 Å². The largest absolute Gasteiger partial charge is 0.497 e. The molecular formula is C16H15NO3S. The average molecular weight is 301 g/mol. The van der Waals surface area contributed by atoms with E-state index in [2.05, 4.69) is 6.58 Å². The number of methoxy groups -OCH3 is 1. The number of hydrogen-bond donors (Lipinski definition) is 0. The van der Waals surface area contributed by atoms with Gasteiger partial charge in [0.15, 0.2) is 0 Å². The molecule has 0 atom stereocenters. The standard InChI is InChI=1S/C16H15NO3S/c1-12-11-17(16-10-13(20-2)8-9-15(12)16)21(18,19)14-6-4-3-5-7-14/h3-10H,1,11H2,2H3. The molecule has 0 aromatic heterocycles. The van der Waals surface area contributed by atoms with Gasteiger partial charge in [0.25, 0.3) is 10.0 Å². The lowest BCUT2D eigenvalue weighted by molar-refractivity contribution is 0.415. The van der Waals surface area contributed by atoms with Gasteiger partial charge in [-0.2, -0.15) is 0 Å². The molecule has 4 nitrogen and oxygen atoms in total. The minimum absolute atomic E-state index is 0.264. The Kier molecular flexibility index (Phi) is 3.22. The highest BCUT2D eigenvalue weighted by Crippen LogP contribution is 2.40. The number of hydrogen-bond acceptors (Lipinski definition) is 3. The molecule has 0 amide bonds. The Morgan fingerprint density at radius 1 is 1.14 bits per heavy atom. The fourth-order valence-corrected chi connectivity index (χ4v) is 3.91. The van der Waals surface area contributed by atoms with Crippen molar-refractivity contribution >= 4 is 21.3 Å². The van der Waals surface area contributed by atoms with E-state index in [4.69, 9.17) is 4.74 Å². The van der Waals surface area contributed by atoms with E-state index in [1.165, 1.54) is 4.31 Å². The topological polar surface area (TPSA) is 46.6 Å². The van der Waals surface area contributed by atoms with Gasteiger partial charge in [-0.15, -0.1) is 0 Å². The first-order chi connectivity index (χ1) is 10.0. The predicted octanol–water partition coefficient (Wildman–Crippen LogP) is 2.92. The average Bonchev–Trinajstić information content (AvgIpc) is 2.85. The molecular weight excluding hydrogens is 286 g/mol. The van der Waals surface area contributed by atoms with Crippen LogP contribution in [0.1, 0.15) is 5.56 Å². The molecule has 0 N–H and O–H groups in total. The molecule has 1 aliphatic heterocycles. The van der Waals surface area contributed by atoms with Crippen LogP contribution < -0.4 is 9.04 Å². The lowest BCUT2D eigenvalue weighted by Gasteiger charge is -2.19. The molecule has 21 heavy (non-hydrogen) atoms. The fraction of sp³-hybridized carbons (Fsp3) is 0.125. The SMILES string of the molecule is C=C1CN(S(=O)(=O)c2ccccc2)c2cc(OC)ccc21. The third-order valence-corrected chi connectivity index (χ3v) is 5.29. The predicted molar refractivity (Wildman–Crippen MR) is 83.0 cm³/mol. The summed E-state index contributed by atoms with van der Waals surface area (Å²) < 4.78 is 32.1. The number of nitrogens with zero attached hydrogens (tertiary/aromatic N) is 1. The molecule has 2 aromatic carbocycles. The van der Waals surface area contributed by atoms with E-state index in [9.17, 15) is 8.42 Å². The number of fused-ring (bicyclic) bond motifs is 1. The smallest absolute Gasteiger partial charge is 0.264 e. The summed E-state index contributed by atoms with van der Waals surface area (Å²) >= 11 is 0. The first kappa shape index (κ1) is 13.7. The zero-order chi connectivity index (χ0) is 15.0. The Bertz CT molecular complexity index is 798. The van der Waals surface area contributed by atoms with Crippen LogP contribution in [0.4, 0.5) is 5.69 Å². The van der Waals surface area contributed by atoms with E-state index in [0.717, 1.165) is 11.1 Å². The third kappa shape index (κ3) is 2.19. The number of benzene rings is 2. The third-order valence-electron chi connectivity index (χ3n) is 3.52. The second kappa shape index (κ2) is 4.93. The molecule has 0 unspecified atom stereocenters. The quantitative estimate of drug-likeness (QED) is 0.875. The highest BCUT2D eigenvalue weighted by Gasteiger charge is 2.33. The summed E-state index contributed by atoms with van der Waals surface area (Å²) in [6, 6.07) is 13.8. The van der Waals surface area contributed by atoms with Crippen LogP contribution in [0.15, 0.2) is 60.0 Å². The van der Waals surface area contributed by atoms with Crippen LogP contribution in [-0.4, -0.2) is 22.1 Å². The van der Waals surface area contributed by atoms with Gasteiger partial charge in [-0.3, -0.25) is 4.31 Å². The van der Waals surface area contributed by atoms with Gasteiger partial charge in [-0.25, -0.2) is 8.42 Å². The van der Waals surface area contributed by atoms with Crippen LogP contribution in [-0.2, 0) is 10.0 Å². The van der Waals surface area contributed by atoms with E-state index < -0.39 is 10.0 Å². The van der Waals surface area contributed by atoms with Crippen molar-refractivity contribution in [2.24, 2.45) is 0 Å². The highest BCUT2D eigenvalue weighted by atomic mass is 32.2. The maximum absolute atomic E-state index is 12.8. The molecule has 5 heteroatoms. The van der Waals surface area contributed by atoms with Crippen LogP contribution in [0.2, 0.25) is 0 Å². The summed E-state index contributed by atoms with van der Waals surface area (Å²) in [4.78, 5) is 0.272. The molecule has 1 heterocycles. The Morgan fingerprint density at radius 2 is 1.86 bits per heavy atom. The van der Waals surface area contributed by atoms with E-state index >= 15 is 0 Å². The van der Waals surface area contributed by atoms with Crippen molar-refractivity contribution in [1.82, 2.24) is 0 Å². The molecule has 0 bridgehead atoms. The summed E-state index contributed by atoms with van der Waals surface area (Å²) in [5.74, 6) is 0.622. The summed E-state index contributed by atoms with van der Waals surface area (Å²) in [6.45, 7) is 4.23. The first-order valence-electron chi connectivity index (χ1n) is 6.48. The summed E-state index contributed by atoms with van der Waals surface area (Å²) in [7, 11) is -2.04. The Hall–Kier alpha value is -2.27. The highest BCUT2D eigenvalue weighted by molar-refractivity contribution is 7.92. The van der Waals surface area contributed by atoms with Gasteiger partial charge in [-0.1, -0.05) is 24.8 Å². The Labute approximate surface area is 124 Å². The lowest BCUT2D eigenvalue weighted by atomic mass is 10.1. The summed E-state index contributed by atoms with van der Waals surface area (Å²) in [6.07, 6.45) is 0. The molecule has 0 spiro atoms. The molecule has 0 saturated heterocycles. The van der Waals surface area contributed by atoms with Crippen molar-refractivity contribution in [2.45, 2.75) is 4.90 Å². The minimum Gasteiger partial charge on any atom is -0.497 e. The first-order valence-corrected chi connectivity index (χ1v) is 7.92. The van der Waals surface area contributed by atoms with Gasteiger partial charge >= 0.3 is 0 Å². The van der Waals surface area contributed by atoms with Crippen molar-refractivity contribution in [2.75, 3.05) is 18.0 Å². The maximum atomic E-state index is 12.8. The summed E-state index contributed by atoms with van der Waals surface area (Å²) in [5.41, 5.74) is 2.24. The molecule has 2 aromatic rings. The van der Waals surface area contributed by atoms with E-state index in [1.54, 1.807) is 43.5 Å². The van der Waals surface area contributed by atoms with Gasteiger partial charge < -0.3 is 4.74 Å². The van der Waals surface area contributed by atoms with Crippen LogP contribution in [0, 0.1) is 0 Å². The molecule has 0 radical (unpaired) electrons. The van der Waals surface area contributed by atoms with Gasteiger partial charge in [0.05, 0.1) is 24.2 Å². The number of rotatable bonds is 3. The monoisotopic (exact) mass is 301 g/mol. The zero-order valence-corrected chi connectivity index (χ0v) is 12.4. The van der Waals surface area contributed by atoms with Crippen molar-refractivity contribution in [3.8, 4) is 5.75 Å². The van der Waals surface area contributed by atoms with Crippen molar-refractivity contribution in [3.63, 3.8) is 0 Å². The lowest BCUT2D eigenvalue weighted by Crippen LogP contribution is -2.28. The molecule has 0 saturated carbocycles. The molecule has 0 aliphatic carbocycles. The van der Waals surface area contributed by atoms with E-state index in [-0.39, 0.29) is 11.4 Å². The summed E-state index contributed by atoms with van der Waals surface area (Å²) in [5, 5.41) is 0. The van der Waals surface area contributed by atoms with E-state index in [1.807, 2.05) is 12.1 Å². The number of ether oxygens (including phenoxy) is 1. The number of sulfonamides is 1. The minimum atomic E-state index is -3.59. The van der Waals surface area contributed by atoms with Gasteiger partial charge in [0.2, 0.25) is 0 Å². The zero-order valence-electron chi connectivity index (χ0n) is 11.6. The van der Waals surface area contributed by atoms with Crippen molar-refractivity contribution in [1.29, 1.82) is 0 Å². The second-order valence-electron chi connectivity index (χ2n) is 4.81. The second-order valence-corrected chi connectivity index (χ2v) is 6.67. The van der Waals surface area contributed by atoms with Crippen molar-refractivity contribution < 1.29 is 13.2 Å². The number of anilines is 1. The Morgan fingerprint density at radius 3 is 2.52 bits per heavy atom. The fourth-order valence-electron chi connectivity index (χ4n) is 2.42. The molecule has 1 aliphatic rings.